The van der Waals surface area contributed by atoms with Crippen molar-refractivity contribution in [2.75, 3.05) is 7.11 Å². The van der Waals surface area contributed by atoms with Gasteiger partial charge in [-0.25, -0.2) is 18.7 Å². The molecule has 0 spiro atoms. The Labute approximate surface area is 154 Å². The first-order chi connectivity index (χ1) is 13.0. The van der Waals surface area contributed by atoms with Crippen molar-refractivity contribution in [1.82, 2.24) is 19.9 Å². The maximum absolute atomic E-state index is 12.7. The van der Waals surface area contributed by atoms with Gasteiger partial charge in [-0.1, -0.05) is 0 Å². The Balaban J connectivity index is 1.79. The van der Waals surface area contributed by atoms with Crippen LogP contribution in [-0.4, -0.2) is 39.2 Å². The Morgan fingerprint density at radius 2 is 2.00 bits per heavy atom. The summed E-state index contributed by atoms with van der Waals surface area (Å²) in [6, 6.07) is 3.75. The number of nitrogens with zero attached hydrogens (tertiary/aromatic N) is 4. The third-order valence-electron chi connectivity index (χ3n) is 4.79. The van der Waals surface area contributed by atoms with E-state index in [9.17, 15) is 8.78 Å². The van der Waals surface area contributed by atoms with Crippen LogP contribution in [0.2, 0.25) is 0 Å². The number of pyridine rings is 1. The number of aryl methyl sites for hydroxylation is 1. The molecule has 4 heterocycles. The van der Waals surface area contributed by atoms with Crippen LogP contribution in [0.3, 0.4) is 0 Å². The van der Waals surface area contributed by atoms with Crippen LogP contribution in [0.15, 0.2) is 23.3 Å². The second-order valence-corrected chi connectivity index (χ2v) is 6.58. The average Bonchev–Trinajstić information content (AvgIpc) is 3.18. The number of alkyl halides is 2. The number of halogens is 2. The lowest BCUT2D eigenvalue weighted by molar-refractivity contribution is 0.134. The first-order valence-corrected chi connectivity index (χ1v) is 8.72. The first-order valence-electron chi connectivity index (χ1n) is 8.72. The van der Waals surface area contributed by atoms with Gasteiger partial charge in [0.25, 0.3) is 0 Å². The smallest absolute Gasteiger partial charge is 0.238 e. The summed E-state index contributed by atoms with van der Waals surface area (Å²) in [5.41, 5.74) is 4.49. The van der Waals surface area contributed by atoms with Crippen molar-refractivity contribution in [3.8, 4) is 17.1 Å². The van der Waals surface area contributed by atoms with Crippen LogP contribution in [0.1, 0.15) is 37.2 Å². The lowest BCUT2D eigenvalue weighted by Crippen LogP contribution is -2.08. The summed E-state index contributed by atoms with van der Waals surface area (Å²) < 4.78 is 30.8. The van der Waals surface area contributed by atoms with E-state index < -0.39 is 6.43 Å². The Hall–Kier alpha value is -2.90. The molecule has 140 valence electrons. The molecule has 0 saturated heterocycles. The molecule has 0 unspecified atom stereocenters. The lowest BCUT2D eigenvalue weighted by atomic mass is 9.95. The number of hydrogen-bond acceptors (Lipinski definition) is 5. The van der Waals surface area contributed by atoms with Crippen LogP contribution in [0.4, 0.5) is 14.5 Å². The summed E-state index contributed by atoms with van der Waals surface area (Å²) in [5, 5.41) is 0.746. The minimum absolute atomic E-state index is 0.170. The molecule has 0 bridgehead atoms. The van der Waals surface area contributed by atoms with Gasteiger partial charge in [-0.2, -0.15) is 4.98 Å². The molecular formula is C19H19F2N5O. The van der Waals surface area contributed by atoms with E-state index in [0.717, 1.165) is 28.0 Å². The van der Waals surface area contributed by atoms with Gasteiger partial charge in [-0.05, 0) is 32.4 Å². The standard InChI is InChI=1S/C19H19F2N5O/c1-9-11(4-7-15(20)21)17-14(23-9)6-5-13(26-17)12-8-22-18-16(12)19(27-3)25-10(2)24-18/h5-6,8,11,15H,4,7H2,1-3H3,(H,22,24,25)/t11-/m1/s1. The normalized spacial score (nSPS) is 16.1. The van der Waals surface area contributed by atoms with Crippen molar-refractivity contribution in [3.05, 3.63) is 29.8 Å². The summed E-state index contributed by atoms with van der Waals surface area (Å²) in [6.45, 7) is 3.66. The number of ether oxygens (including phenoxy) is 1. The minimum atomic E-state index is -2.33. The van der Waals surface area contributed by atoms with Crippen LogP contribution < -0.4 is 4.74 Å². The number of aliphatic imine (C=N–C) groups is 1. The summed E-state index contributed by atoms with van der Waals surface area (Å²) in [6.07, 6.45) is -0.358. The fourth-order valence-electron chi connectivity index (χ4n) is 3.53. The lowest BCUT2D eigenvalue weighted by Gasteiger charge is -2.12. The number of methoxy groups -OCH3 is 1. The molecule has 8 heteroatoms. The van der Waals surface area contributed by atoms with Crippen molar-refractivity contribution in [1.29, 1.82) is 0 Å². The summed E-state index contributed by atoms with van der Waals surface area (Å²) in [5.74, 6) is 0.892. The Kier molecular flexibility index (Phi) is 4.33. The minimum Gasteiger partial charge on any atom is -0.480 e. The highest BCUT2D eigenvalue weighted by Crippen LogP contribution is 2.40. The van der Waals surface area contributed by atoms with E-state index in [2.05, 4.69) is 19.9 Å². The van der Waals surface area contributed by atoms with Gasteiger partial charge in [-0.3, -0.25) is 4.99 Å². The Bertz CT molecular complexity index is 1040. The zero-order chi connectivity index (χ0) is 19.1. The second kappa shape index (κ2) is 6.68. The predicted molar refractivity (Wildman–Crippen MR) is 99.2 cm³/mol. The number of aromatic amines is 1. The Morgan fingerprint density at radius 1 is 1.19 bits per heavy atom. The molecule has 1 atom stereocenters. The number of rotatable bonds is 5. The molecule has 4 rings (SSSR count). The molecule has 0 fully saturated rings. The third-order valence-corrected chi connectivity index (χ3v) is 4.79. The molecule has 1 aliphatic heterocycles. The number of fused-ring (bicyclic) bond motifs is 2. The maximum Gasteiger partial charge on any atom is 0.238 e. The SMILES string of the molecule is COc1nc(C)nc2[nH]cc(-c3ccc4c(n3)[C@H](CCC(F)F)C(C)=N4)c12. The second-order valence-electron chi connectivity index (χ2n) is 6.58. The van der Waals surface area contributed by atoms with Crippen molar-refractivity contribution in [2.45, 2.75) is 39.0 Å². The van der Waals surface area contributed by atoms with Crippen LogP contribution in [0, 0.1) is 6.92 Å². The first kappa shape index (κ1) is 17.5. The molecule has 0 radical (unpaired) electrons. The van der Waals surface area contributed by atoms with Gasteiger partial charge in [-0.15, -0.1) is 0 Å². The Morgan fingerprint density at radius 3 is 2.74 bits per heavy atom. The maximum atomic E-state index is 12.7. The topological polar surface area (TPSA) is 76.1 Å². The zero-order valence-corrected chi connectivity index (χ0v) is 15.3. The van der Waals surface area contributed by atoms with Gasteiger partial charge in [0, 0.05) is 29.8 Å². The molecule has 0 amide bonds. The highest BCUT2D eigenvalue weighted by Gasteiger charge is 2.28. The van der Waals surface area contributed by atoms with E-state index in [0.29, 0.717) is 29.5 Å². The highest BCUT2D eigenvalue weighted by molar-refractivity contribution is 5.98. The van der Waals surface area contributed by atoms with Crippen LogP contribution in [0.25, 0.3) is 22.3 Å². The van der Waals surface area contributed by atoms with Crippen LogP contribution in [-0.2, 0) is 0 Å². The van der Waals surface area contributed by atoms with Crippen molar-refractivity contribution >= 4 is 22.4 Å². The van der Waals surface area contributed by atoms with E-state index in [1.807, 2.05) is 25.3 Å². The molecule has 6 nitrogen and oxygen atoms in total. The molecule has 0 aliphatic carbocycles. The summed E-state index contributed by atoms with van der Waals surface area (Å²) >= 11 is 0. The number of hydrogen-bond donors (Lipinski definition) is 1. The van der Waals surface area contributed by atoms with Gasteiger partial charge < -0.3 is 9.72 Å². The van der Waals surface area contributed by atoms with Gasteiger partial charge in [0.2, 0.25) is 12.3 Å². The summed E-state index contributed by atoms with van der Waals surface area (Å²) in [7, 11) is 1.56. The van der Waals surface area contributed by atoms with Crippen molar-refractivity contribution < 1.29 is 13.5 Å². The van der Waals surface area contributed by atoms with Gasteiger partial charge in [0.05, 0.1) is 29.6 Å². The van der Waals surface area contributed by atoms with Crippen molar-refractivity contribution in [3.63, 3.8) is 0 Å². The number of H-pyrrole nitrogens is 1. The molecule has 0 aromatic carbocycles. The van der Waals surface area contributed by atoms with Crippen molar-refractivity contribution in [2.24, 2.45) is 4.99 Å². The summed E-state index contributed by atoms with van der Waals surface area (Å²) in [4.78, 5) is 21.1. The molecular weight excluding hydrogens is 352 g/mol. The molecule has 27 heavy (non-hydrogen) atoms. The van der Waals surface area contributed by atoms with E-state index in [-0.39, 0.29) is 12.3 Å². The molecule has 1 aliphatic rings. The van der Waals surface area contributed by atoms with Crippen LogP contribution >= 0.6 is 0 Å². The van der Waals surface area contributed by atoms with Gasteiger partial charge in [0.1, 0.15) is 11.5 Å². The number of aromatic nitrogens is 4. The third kappa shape index (κ3) is 3.05. The molecule has 3 aromatic heterocycles. The largest absolute Gasteiger partial charge is 0.480 e. The molecule has 3 aromatic rings. The quantitative estimate of drug-likeness (QED) is 0.713. The molecule has 0 saturated carbocycles. The zero-order valence-electron chi connectivity index (χ0n) is 15.3. The van der Waals surface area contributed by atoms with E-state index in [1.165, 1.54) is 0 Å². The monoisotopic (exact) mass is 371 g/mol. The number of nitrogens with one attached hydrogen (secondary N) is 1. The highest BCUT2D eigenvalue weighted by atomic mass is 19.3. The molecule has 1 N–H and O–H groups in total. The predicted octanol–water partition coefficient (Wildman–Crippen LogP) is 4.57. The van der Waals surface area contributed by atoms with Crippen LogP contribution in [0.5, 0.6) is 5.88 Å². The van der Waals surface area contributed by atoms with Gasteiger partial charge in [0.15, 0.2) is 0 Å². The fraction of sp³-hybridized carbons (Fsp3) is 0.368. The van der Waals surface area contributed by atoms with E-state index in [1.54, 1.807) is 14.0 Å². The van der Waals surface area contributed by atoms with Gasteiger partial charge >= 0.3 is 0 Å². The fourth-order valence-corrected chi connectivity index (χ4v) is 3.53. The average molecular weight is 371 g/mol. The van der Waals surface area contributed by atoms with E-state index >= 15 is 0 Å². The van der Waals surface area contributed by atoms with E-state index in [4.69, 9.17) is 9.72 Å².